The van der Waals surface area contributed by atoms with E-state index < -0.39 is 5.60 Å². The highest BCUT2D eigenvalue weighted by molar-refractivity contribution is 5.74. The molecule has 5 rings (SSSR count). The maximum absolute atomic E-state index is 15.0. The number of nitrogens with one attached hydrogen (secondary N) is 1. The minimum atomic E-state index is -0.446. The third kappa shape index (κ3) is 6.16. The number of aromatic nitrogens is 1. The zero-order valence-corrected chi connectivity index (χ0v) is 22.5. The average molecular weight is 518 g/mol. The van der Waals surface area contributed by atoms with Crippen molar-refractivity contribution in [3.05, 3.63) is 83.3 Å². The van der Waals surface area contributed by atoms with Gasteiger partial charge in [-0.25, -0.2) is 9.37 Å². The van der Waals surface area contributed by atoms with Crippen LogP contribution in [0.15, 0.2) is 60.7 Å². The minimum Gasteiger partial charge on any atom is -0.473 e. The second-order valence-corrected chi connectivity index (χ2v) is 11.4. The molecule has 1 aromatic heterocycles. The van der Waals surface area contributed by atoms with Crippen LogP contribution in [0.25, 0.3) is 0 Å². The van der Waals surface area contributed by atoms with Gasteiger partial charge in [0.2, 0.25) is 5.88 Å². The second kappa shape index (κ2) is 10.7. The Hall–Kier alpha value is -3.45. The Morgan fingerprint density at radius 3 is 2.47 bits per heavy atom. The van der Waals surface area contributed by atoms with E-state index in [-0.39, 0.29) is 23.6 Å². The molecule has 1 aliphatic heterocycles. The molecular formula is C31H36FN3O3. The molecule has 1 N–H and O–H groups in total. The molecule has 7 heteroatoms. The van der Waals surface area contributed by atoms with Crippen LogP contribution < -0.4 is 10.1 Å². The standard InChI is InChI=1S/C31H36FN3O3/c1-20-28(12-13-29(33-20)37-19-21-8-6-5-7-9-21)34-24-10-11-26(27(32)16-24)23-17-35(18-23)25-14-22(15-25)30(36)38-31(2,3)4/h5-13,16,22-23,25,34H,14-15,17-19H2,1-4H3/t22-,25+. The van der Waals surface area contributed by atoms with Gasteiger partial charge >= 0.3 is 5.97 Å². The van der Waals surface area contributed by atoms with Crippen LogP contribution in [0.4, 0.5) is 15.8 Å². The Labute approximate surface area is 224 Å². The number of carbonyl (C=O) groups excluding carboxylic acids is 1. The zero-order chi connectivity index (χ0) is 26.9. The summed E-state index contributed by atoms with van der Waals surface area (Å²) in [7, 11) is 0. The summed E-state index contributed by atoms with van der Waals surface area (Å²) in [5.41, 5.74) is 3.65. The number of anilines is 2. The number of nitrogens with zero attached hydrogens (tertiary/aromatic N) is 2. The van der Waals surface area contributed by atoms with E-state index >= 15 is 4.39 Å². The smallest absolute Gasteiger partial charge is 0.309 e. The molecule has 1 saturated carbocycles. The maximum atomic E-state index is 15.0. The number of ether oxygens (including phenoxy) is 2. The number of hydrogen-bond acceptors (Lipinski definition) is 6. The second-order valence-electron chi connectivity index (χ2n) is 11.4. The molecule has 0 atom stereocenters. The molecule has 3 aromatic rings. The molecule has 0 radical (unpaired) electrons. The molecule has 0 bridgehead atoms. The van der Waals surface area contributed by atoms with Crippen LogP contribution in [0.5, 0.6) is 5.88 Å². The predicted molar refractivity (Wildman–Crippen MR) is 146 cm³/mol. The fraction of sp³-hybridized carbons (Fsp3) is 0.419. The van der Waals surface area contributed by atoms with Crippen molar-refractivity contribution in [3.8, 4) is 5.88 Å². The quantitative estimate of drug-likeness (QED) is 0.350. The summed E-state index contributed by atoms with van der Waals surface area (Å²) in [5, 5.41) is 3.28. The first-order valence-electron chi connectivity index (χ1n) is 13.3. The Morgan fingerprint density at radius 2 is 1.82 bits per heavy atom. The summed E-state index contributed by atoms with van der Waals surface area (Å²) in [6.45, 7) is 9.69. The van der Waals surface area contributed by atoms with E-state index in [9.17, 15) is 4.79 Å². The van der Waals surface area contributed by atoms with Gasteiger partial charge in [-0.2, -0.15) is 0 Å². The number of hydrogen-bond donors (Lipinski definition) is 1. The van der Waals surface area contributed by atoms with E-state index in [1.54, 1.807) is 6.07 Å². The van der Waals surface area contributed by atoms with Crippen LogP contribution in [-0.2, 0) is 16.1 Å². The zero-order valence-electron chi connectivity index (χ0n) is 22.5. The van der Waals surface area contributed by atoms with Gasteiger partial charge in [0.15, 0.2) is 0 Å². The first kappa shape index (κ1) is 26.2. The van der Waals surface area contributed by atoms with Gasteiger partial charge in [-0.3, -0.25) is 9.69 Å². The Morgan fingerprint density at radius 1 is 1.08 bits per heavy atom. The van der Waals surface area contributed by atoms with E-state index in [0.29, 0.717) is 24.2 Å². The summed E-state index contributed by atoms with van der Waals surface area (Å²) in [6.07, 6.45) is 1.66. The van der Waals surface area contributed by atoms with Crippen LogP contribution in [0.1, 0.15) is 56.4 Å². The third-order valence-corrected chi connectivity index (χ3v) is 7.29. The number of aryl methyl sites for hydroxylation is 1. The van der Waals surface area contributed by atoms with E-state index in [1.807, 2.05) is 82.3 Å². The molecule has 200 valence electrons. The minimum absolute atomic E-state index is 0.0113. The number of halogens is 1. The van der Waals surface area contributed by atoms with Gasteiger partial charge < -0.3 is 14.8 Å². The molecular weight excluding hydrogens is 481 g/mol. The van der Waals surface area contributed by atoms with Crippen molar-refractivity contribution >= 4 is 17.3 Å². The van der Waals surface area contributed by atoms with Crippen molar-refractivity contribution in [2.75, 3.05) is 18.4 Å². The molecule has 2 fully saturated rings. The normalized spacial score (nSPS) is 19.8. The van der Waals surface area contributed by atoms with Gasteiger partial charge in [-0.1, -0.05) is 36.4 Å². The summed E-state index contributed by atoms with van der Waals surface area (Å²) in [6, 6.07) is 19.4. The lowest BCUT2D eigenvalue weighted by molar-refractivity contribution is -0.166. The van der Waals surface area contributed by atoms with E-state index in [4.69, 9.17) is 9.47 Å². The van der Waals surface area contributed by atoms with Gasteiger partial charge in [0.25, 0.3) is 0 Å². The van der Waals surface area contributed by atoms with Crippen LogP contribution in [0.3, 0.4) is 0 Å². The maximum Gasteiger partial charge on any atom is 0.309 e. The summed E-state index contributed by atoms with van der Waals surface area (Å²) < 4.78 is 26.3. The van der Waals surface area contributed by atoms with E-state index in [0.717, 1.165) is 48.4 Å². The van der Waals surface area contributed by atoms with Crippen molar-refractivity contribution in [2.24, 2.45) is 5.92 Å². The Bertz CT molecular complexity index is 1280. The number of likely N-dealkylation sites (tertiary alicyclic amines) is 1. The van der Waals surface area contributed by atoms with Gasteiger partial charge in [0, 0.05) is 36.8 Å². The summed E-state index contributed by atoms with van der Waals surface area (Å²) in [4.78, 5) is 19.1. The number of esters is 1. The van der Waals surface area contributed by atoms with Gasteiger partial charge in [-0.15, -0.1) is 0 Å². The topological polar surface area (TPSA) is 63.7 Å². The molecule has 0 unspecified atom stereocenters. The summed E-state index contributed by atoms with van der Waals surface area (Å²) >= 11 is 0. The summed E-state index contributed by atoms with van der Waals surface area (Å²) in [5.74, 6) is 0.418. The van der Waals surface area contributed by atoms with Gasteiger partial charge in [0.05, 0.1) is 17.3 Å². The molecule has 1 aliphatic carbocycles. The fourth-order valence-corrected chi connectivity index (χ4v) is 5.04. The van der Waals surface area contributed by atoms with Gasteiger partial charge in [-0.05, 0) is 69.9 Å². The van der Waals surface area contributed by atoms with Crippen LogP contribution in [0.2, 0.25) is 0 Å². The highest BCUT2D eigenvalue weighted by Crippen LogP contribution is 2.40. The first-order chi connectivity index (χ1) is 18.1. The molecule has 2 aromatic carbocycles. The van der Waals surface area contributed by atoms with Crippen molar-refractivity contribution in [2.45, 2.75) is 64.7 Å². The molecule has 0 spiro atoms. The number of rotatable bonds is 8. The van der Waals surface area contributed by atoms with Crippen molar-refractivity contribution in [1.29, 1.82) is 0 Å². The number of pyridine rings is 1. The lowest BCUT2D eigenvalue weighted by Crippen LogP contribution is -2.56. The van der Waals surface area contributed by atoms with Crippen molar-refractivity contribution in [3.63, 3.8) is 0 Å². The molecule has 2 aliphatic rings. The first-order valence-corrected chi connectivity index (χ1v) is 13.3. The number of benzene rings is 2. The molecule has 2 heterocycles. The van der Waals surface area contributed by atoms with Crippen LogP contribution in [-0.4, -0.2) is 40.6 Å². The largest absolute Gasteiger partial charge is 0.473 e. The SMILES string of the molecule is Cc1nc(OCc2ccccc2)ccc1Nc1ccc(C2CN([C@H]3C[C@@H](C(=O)OC(C)(C)C)C3)C2)c(F)c1. The predicted octanol–water partition coefficient (Wildman–Crippen LogP) is 6.37. The fourth-order valence-electron chi connectivity index (χ4n) is 5.04. The molecule has 6 nitrogen and oxygen atoms in total. The average Bonchev–Trinajstić information content (AvgIpc) is 2.80. The highest BCUT2D eigenvalue weighted by Gasteiger charge is 2.44. The van der Waals surface area contributed by atoms with Crippen molar-refractivity contribution in [1.82, 2.24) is 9.88 Å². The van der Waals surface area contributed by atoms with E-state index in [2.05, 4.69) is 15.2 Å². The van der Waals surface area contributed by atoms with Crippen LogP contribution in [0, 0.1) is 18.7 Å². The molecule has 0 amide bonds. The highest BCUT2D eigenvalue weighted by atomic mass is 19.1. The van der Waals surface area contributed by atoms with Crippen molar-refractivity contribution < 1.29 is 18.7 Å². The molecule has 1 saturated heterocycles. The molecule has 38 heavy (non-hydrogen) atoms. The Kier molecular flexibility index (Phi) is 7.39. The lowest BCUT2D eigenvalue weighted by Gasteiger charge is -2.50. The monoisotopic (exact) mass is 517 g/mol. The van der Waals surface area contributed by atoms with Crippen LogP contribution >= 0.6 is 0 Å². The lowest BCUT2D eigenvalue weighted by atomic mass is 9.76. The number of carbonyl (C=O) groups is 1. The van der Waals surface area contributed by atoms with E-state index in [1.165, 1.54) is 0 Å². The Balaban J connectivity index is 1.11. The van der Waals surface area contributed by atoms with Gasteiger partial charge in [0.1, 0.15) is 18.0 Å². The third-order valence-electron chi connectivity index (χ3n) is 7.29.